The van der Waals surface area contributed by atoms with E-state index in [0.29, 0.717) is 0 Å². The SMILES string of the molecule is [B]c1c2ccccc2cc2c1cc(-c1cccc3c1ccc1c(Br)c4ccccc4cc13)c1ccccc12. The lowest BCUT2D eigenvalue weighted by molar-refractivity contribution is 1.72. The molecule has 0 aromatic heterocycles. The Kier molecular flexibility index (Phi) is 4.72. The number of benzene rings is 8. The Morgan fingerprint density at radius 3 is 1.66 bits per heavy atom. The summed E-state index contributed by atoms with van der Waals surface area (Å²) in [5.41, 5.74) is 3.27. The van der Waals surface area contributed by atoms with Crippen molar-refractivity contribution in [1.29, 1.82) is 0 Å². The van der Waals surface area contributed by atoms with Gasteiger partial charge in [0.25, 0.3) is 0 Å². The molecular weight excluding hydrogens is 523 g/mol. The molecule has 0 nitrogen and oxygen atoms in total. The van der Waals surface area contributed by atoms with Crippen LogP contribution in [0.5, 0.6) is 0 Å². The molecule has 0 atom stereocenters. The van der Waals surface area contributed by atoms with E-state index in [1.807, 2.05) is 0 Å². The molecule has 2 heteroatoms. The maximum absolute atomic E-state index is 6.84. The number of hydrogen-bond donors (Lipinski definition) is 0. The molecule has 0 spiro atoms. The van der Waals surface area contributed by atoms with Gasteiger partial charge >= 0.3 is 0 Å². The molecule has 8 aromatic carbocycles. The van der Waals surface area contributed by atoms with Crippen molar-refractivity contribution in [3.8, 4) is 11.1 Å². The lowest BCUT2D eigenvalue weighted by Crippen LogP contribution is -2.06. The molecule has 0 unspecified atom stereocenters. The summed E-state index contributed by atoms with van der Waals surface area (Å²) in [4.78, 5) is 0. The largest absolute Gasteiger partial charge is 0.115 e. The lowest BCUT2D eigenvalue weighted by atomic mass is 9.81. The van der Waals surface area contributed by atoms with Crippen LogP contribution in [0.3, 0.4) is 0 Å². The van der Waals surface area contributed by atoms with Crippen molar-refractivity contribution < 1.29 is 0 Å². The van der Waals surface area contributed by atoms with Gasteiger partial charge < -0.3 is 0 Å². The number of halogens is 1. The van der Waals surface area contributed by atoms with Crippen LogP contribution < -0.4 is 5.46 Å². The first-order chi connectivity index (χ1) is 18.7. The van der Waals surface area contributed by atoms with Gasteiger partial charge in [-0.15, -0.1) is 0 Å². The fourth-order valence-electron chi connectivity index (χ4n) is 6.25. The van der Waals surface area contributed by atoms with Crippen molar-refractivity contribution in [2.75, 3.05) is 0 Å². The van der Waals surface area contributed by atoms with E-state index in [1.54, 1.807) is 0 Å². The van der Waals surface area contributed by atoms with Crippen LogP contribution in [0.1, 0.15) is 0 Å². The molecular formula is C36H20BBr. The third kappa shape index (κ3) is 3.04. The van der Waals surface area contributed by atoms with Gasteiger partial charge in [-0.3, -0.25) is 0 Å². The molecule has 0 N–H and O–H groups in total. The van der Waals surface area contributed by atoms with Crippen LogP contribution >= 0.6 is 15.9 Å². The second-order valence-corrected chi connectivity index (χ2v) is 10.8. The van der Waals surface area contributed by atoms with Crippen molar-refractivity contribution in [3.05, 3.63) is 126 Å². The fraction of sp³-hybridized carbons (Fsp3) is 0. The summed E-state index contributed by atoms with van der Waals surface area (Å²) >= 11 is 3.91. The number of rotatable bonds is 1. The van der Waals surface area contributed by atoms with Crippen molar-refractivity contribution in [3.63, 3.8) is 0 Å². The molecule has 8 aromatic rings. The van der Waals surface area contributed by atoms with Gasteiger partial charge in [-0.1, -0.05) is 109 Å². The summed E-state index contributed by atoms with van der Waals surface area (Å²) in [6.45, 7) is 0. The zero-order valence-corrected chi connectivity index (χ0v) is 22.1. The van der Waals surface area contributed by atoms with E-state index in [9.17, 15) is 0 Å². The smallest absolute Gasteiger partial charge is 0.0812 e. The quantitative estimate of drug-likeness (QED) is 0.110. The second-order valence-electron chi connectivity index (χ2n) is 10.0. The monoisotopic (exact) mass is 542 g/mol. The van der Waals surface area contributed by atoms with Crippen LogP contribution in [-0.2, 0) is 0 Å². The first-order valence-corrected chi connectivity index (χ1v) is 13.6. The average Bonchev–Trinajstić information content (AvgIpc) is 2.97. The Morgan fingerprint density at radius 2 is 0.895 bits per heavy atom. The fourth-order valence-corrected chi connectivity index (χ4v) is 6.96. The molecule has 2 radical (unpaired) electrons. The highest BCUT2D eigenvalue weighted by molar-refractivity contribution is 9.10. The Morgan fingerprint density at radius 1 is 0.368 bits per heavy atom. The van der Waals surface area contributed by atoms with E-state index in [1.165, 1.54) is 65.0 Å². The van der Waals surface area contributed by atoms with Gasteiger partial charge in [0.1, 0.15) is 7.85 Å². The molecule has 8 rings (SSSR count). The highest BCUT2D eigenvalue weighted by Gasteiger charge is 2.15. The molecule has 0 amide bonds. The Hall–Kier alpha value is -4.14. The van der Waals surface area contributed by atoms with Crippen molar-refractivity contribution in [2.45, 2.75) is 0 Å². The maximum atomic E-state index is 6.84. The van der Waals surface area contributed by atoms with Crippen molar-refractivity contribution in [1.82, 2.24) is 0 Å². The van der Waals surface area contributed by atoms with Gasteiger partial charge in [0.05, 0.1) is 0 Å². The molecule has 0 aliphatic heterocycles. The summed E-state index contributed by atoms with van der Waals surface area (Å²) in [6.07, 6.45) is 0. The average molecular weight is 543 g/mol. The van der Waals surface area contributed by atoms with Crippen molar-refractivity contribution >= 4 is 93.9 Å². The van der Waals surface area contributed by atoms with Gasteiger partial charge in [0.2, 0.25) is 0 Å². The maximum Gasteiger partial charge on any atom is 0.115 e. The summed E-state index contributed by atoms with van der Waals surface area (Å²) in [5.74, 6) is 0. The minimum Gasteiger partial charge on any atom is -0.0812 e. The molecule has 0 bridgehead atoms. The predicted molar refractivity (Wildman–Crippen MR) is 170 cm³/mol. The van der Waals surface area contributed by atoms with E-state index in [0.717, 1.165) is 20.7 Å². The predicted octanol–water partition coefficient (Wildman–Crippen LogP) is 9.83. The Labute approximate surface area is 230 Å². The van der Waals surface area contributed by atoms with E-state index in [-0.39, 0.29) is 0 Å². The van der Waals surface area contributed by atoms with Crippen LogP contribution in [0.25, 0.3) is 75.8 Å². The minimum atomic E-state index is 0.839. The third-order valence-corrected chi connectivity index (χ3v) is 8.91. The summed E-state index contributed by atoms with van der Waals surface area (Å²) in [6, 6.07) is 43.8. The first kappa shape index (κ1) is 21.9. The van der Waals surface area contributed by atoms with Crippen LogP contribution in [0.15, 0.2) is 126 Å². The zero-order chi connectivity index (χ0) is 25.4. The lowest BCUT2D eigenvalue weighted by Gasteiger charge is -2.17. The topological polar surface area (TPSA) is 0 Å². The van der Waals surface area contributed by atoms with E-state index in [4.69, 9.17) is 7.85 Å². The van der Waals surface area contributed by atoms with E-state index in [2.05, 4.69) is 137 Å². The van der Waals surface area contributed by atoms with E-state index >= 15 is 0 Å². The van der Waals surface area contributed by atoms with Crippen molar-refractivity contribution in [2.24, 2.45) is 0 Å². The molecule has 0 heterocycles. The summed E-state index contributed by atoms with van der Waals surface area (Å²) in [5, 5.41) is 14.5. The molecule has 0 fully saturated rings. The van der Waals surface area contributed by atoms with Crippen LogP contribution in [0.2, 0.25) is 0 Å². The number of hydrogen-bond acceptors (Lipinski definition) is 0. The standard InChI is InChI=1S/C36H20BBr/c37-35-23-10-3-1-8-21(23)18-32-25-12-5-6-13-26(25)33(20-34(32)35)28-15-7-14-27-29(28)16-17-30-31(27)19-22-9-2-4-11-24(22)36(30)38/h1-20H. The summed E-state index contributed by atoms with van der Waals surface area (Å²) in [7, 11) is 6.84. The van der Waals surface area contributed by atoms with E-state index < -0.39 is 0 Å². The van der Waals surface area contributed by atoms with Crippen LogP contribution in [0.4, 0.5) is 0 Å². The van der Waals surface area contributed by atoms with Crippen LogP contribution in [0, 0.1) is 0 Å². The normalized spacial score (nSPS) is 11.9. The third-order valence-electron chi connectivity index (χ3n) is 8.05. The zero-order valence-electron chi connectivity index (χ0n) is 20.5. The van der Waals surface area contributed by atoms with Gasteiger partial charge in [0.15, 0.2) is 0 Å². The number of fused-ring (bicyclic) bond motifs is 8. The highest BCUT2D eigenvalue weighted by atomic mass is 79.9. The van der Waals surface area contributed by atoms with Gasteiger partial charge in [-0.05, 0) is 110 Å². The van der Waals surface area contributed by atoms with Gasteiger partial charge in [-0.2, -0.15) is 0 Å². The second kappa shape index (κ2) is 8.18. The molecule has 174 valence electrons. The molecule has 0 saturated carbocycles. The Bertz CT molecular complexity index is 2260. The summed E-state index contributed by atoms with van der Waals surface area (Å²) < 4.78 is 1.15. The Balaban J connectivity index is 1.51. The molecule has 38 heavy (non-hydrogen) atoms. The highest BCUT2D eigenvalue weighted by Crippen LogP contribution is 2.42. The van der Waals surface area contributed by atoms with Gasteiger partial charge in [0, 0.05) is 4.47 Å². The van der Waals surface area contributed by atoms with Gasteiger partial charge in [-0.25, -0.2) is 0 Å². The first-order valence-electron chi connectivity index (χ1n) is 12.8. The molecule has 0 aliphatic carbocycles. The molecule has 0 saturated heterocycles. The minimum absolute atomic E-state index is 0.839. The van der Waals surface area contributed by atoms with Crippen LogP contribution in [-0.4, -0.2) is 7.85 Å². The molecule has 0 aliphatic rings.